The van der Waals surface area contributed by atoms with Gasteiger partial charge in [-0.15, -0.1) is 0 Å². The fraction of sp³-hybridized carbons (Fsp3) is 0.370. The van der Waals surface area contributed by atoms with Crippen molar-refractivity contribution in [1.82, 2.24) is 16.0 Å². The van der Waals surface area contributed by atoms with Gasteiger partial charge in [-0.3, -0.25) is 19.2 Å². The molecule has 4 atom stereocenters. The van der Waals surface area contributed by atoms with Gasteiger partial charge in [0.05, 0.1) is 12.5 Å². The Labute approximate surface area is 220 Å². The zero-order valence-corrected chi connectivity index (χ0v) is 21.3. The van der Waals surface area contributed by atoms with Crippen LogP contribution in [-0.2, 0) is 36.8 Å². The Morgan fingerprint density at radius 2 is 1.13 bits per heavy atom. The molecule has 0 aliphatic rings. The summed E-state index contributed by atoms with van der Waals surface area (Å²) in [6.07, 6.45) is -0.522. The number of carboxylic acids is 2. The monoisotopic (exact) mass is 526 g/mol. The number of hydrogen-bond acceptors (Lipinski definition) is 6. The van der Waals surface area contributed by atoms with Crippen molar-refractivity contribution in [2.45, 2.75) is 57.3 Å². The van der Waals surface area contributed by atoms with Crippen molar-refractivity contribution in [3.8, 4) is 0 Å². The van der Waals surface area contributed by atoms with Crippen molar-refractivity contribution in [2.75, 3.05) is 0 Å². The molecule has 0 aromatic heterocycles. The van der Waals surface area contributed by atoms with Gasteiger partial charge < -0.3 is 31.9 Å². The molecule has 11 heteroatoms. The van der Waals surface area contributed by atoms with Crippen molar-refractivity contribution in [1.29, 1.82) is 0 Å². The molecule has 4 unspecified atom stereocenters. The summed E-state index contributed by atoms with van der Waals surface area (Å²) in [4.78, 5) is 61.8. The summed E-state index contributed by atoms with van der Waals surface area (Å²) in [5.74, 6) is -5.13. The number of carboxylic acid groups (broad SMARTS) is 2. The summed E-state index contributed by atoms with van der Waals surface area (Å²) in [5, 5.41) is 26.1. The van der Waals surface area contributed by atoms with Crippen molar-refractivity contribution in [3.63, 3.8) is 0 Å². The maximum atomic E-state index is 13.4. The van der Waals surface area contributed by atoms with E-state index in [-0.39, 0.29) is 12.8 Å². The van der Waals surface area contributed by atoms with Crippen LogP contribution < -0.4 is 21.7 Å². The van der Waals surface area contributed by atoms with Crippen molar-refractivity contribution in [3.05, 3.63) is 71.8 Å². The van der Waals surface area contributed by atoms with E-state index in [1.165, 1.54) is 0 Å². The summed E-state index contributed by atoms with van der Waals surface area (Å²) >= 11 is 0. The average molecular weight is 527 g/mol. The zero-order valence-electron chi connectivity index (χ0n) is 21.3. The molecule has 2 aromatic carbocycles. The van der Waals surface area contributed by atoms with Gasteiger partial charge in [-0.1, -0.05) is 74.5 Å². The van der Waals surface area contributed by atoms with Crippen LogP contribution in [0, 0.1) is 5.92 Å². The second-order valence-corrected chi connectivity index (χ2v) is 9.27. The second kappa shape index (κ2) is 14.5. The molecule has 0 fully saturated rings. The van der Waals surface area contributed by atoms with Gasteiger partial charge in [0.2, 0.25) is 17.7 Å². The first-order valence-electron chi connectivity index (χ1n) is 12.2. The number of carbonyl (C=O) groups is 5. The summed E-state index contributed by atoms with van der Waals surface area (Å²) < 4.78 is 0. The normalized spacial score (nSPS) is 14.0. The largest absolute Gasteiger partial charge is 0.481 e. The Bertz CT molecular complexity index is 1110. The van der Waals surface area contributed by atoms with Crippen LogP contribution in [0.2, 0.25) is 0 Å². The van der Waals surface area contributed by atoms with E-state index in [1.807, 2.05) is 0 Å². The second-order valence-electron chi connectivity index (χ2n) is 9.27. The molecule has 0 bridgehead atoms. The van der Waals surface area contributed by atoms with Crippen LogP contribution in [0.3, 0.4) is 0 Å². The van der Waals surface area contributed by atoms with Gasteiger partial charge in [0.1, 0.15) is 18.1 Å². The minimum Gasteiger partial charge on any atom is -0.481 e. The van der Waals surface area contributed by atoms with Crippen LogP contribution in [0.1, 0.15) is 31.4 Å². The van der Waals surface area contributed by atoms with E-state index in [1.54, 1.807) is 74.5 Å². The van der Waals surface area contributed by atoms with Crippen LogP contribution in [-0.4, -0.2) is 64.0 Å². The fourth-order valence-electron chi connectivity index (χ4n) is 3.72. The predicted molar refractivity (Wildman–Crippen MR) is 139 cm³/mol. The number of rotatable bonds is 14. The third-order valence-electron chi connectivity index (χ3n) is 5.79. The topological polar surface area (TPSA) is 188 Å². The lowest BCUT2D eigenvalue weighted by molar-refractivity contribution is -0.143. The Morgan fingerprint density at radius 1 is 0.711 bits per heavy atom. The minimum absolute atomic E-state index is 0.0433. The molecular weight excluding hydrogens is 492 g/mol. The third kappa shape index (κ3) is 9.66. The van der Waals surface area contributed by atoms with Crippen LogP contribution in [0.25, 0.3) is 0 Å². The lowest BCUT2D eigenvalue weighted by Gasteiger charge is -2.26. The highest BCUT2D eigenvalue weighted by Crippen LogP contribution is 2.09. The molecule has 0 radical (unpaired) electrons. The maximum Gasteiger partial charge on any atom is 0.326 e. The van der Waals surface area contributed by atoms with Gasteiger partial charge in [-0.25, -0.2) is 4.79 Å². The molecule has 0 saturated carbocycles. The molecule has 0 spiro atoms. The number of carbonyl (C=O) groups excluding carboxylic acids is 3. The highest BCUT2D eigenvalue weighted by molar-refractivity contribution is 5.95. The quantitative estimate of drug-likeness (QED) is 0.205. The van der Waals surface area contributed by atoms with E-state index in [0.717, 1.165) is 5.56 Å². The molecule has 0 aliphatic heterocycles. The molecule has 0 aliphatic carbocycles. The van der Waals surface area contributed by atoms with Crippen molar-refractivity contribution >= 4 is 29.7 Å². The molecule has 0 heterocycles. The number of benzene rings is 2. The molecule has 2 aromatic rings. The smallest absolute Gasteiger partial charge is 0.326 e. The van der Waals surface area contributed by atoms with Crippen LogP contribution >= 0.6 is 0 Å². The number of aliphatic carboxylic acids is 2. The Balaban J connectivity index is 2.30. The van der Waals surface area contributed by atoms with Gasteiger partial charge in [0, 0.05) is 12.8 Å². The number of hydrogen-bond donors (Lipinski definition) is 6. The highest BCUT2D eigenvalue weighted by atomic mass is 16.4. The van der Waals surface area contributed by atoms with E-state index in [4.69, 9.17) is 10.8 Å². The summed E-state index contributed by atoms with van der Waals surface area (Å²) in [6, 6.07) is 12.7. The molecule has 11 nitrogen and oxygen atoms in total. The SMILES string of the molecule is CC(C)C(NC(=O)C(Cc1ccccc1)NC(=O)C(Cc1ccccc1)NC(=O)C(N)CC(=O)O)C(=O)O. The van der Waals surface area contributed by atoms with E-state index < -0.39 is 66.2 Å². The summed E-state index contributed by atoms with van der Waals surface area (Å²) in [6.45, 7) is 3.30. The molecule has 38 heavy (non-hydrogen) atoms. The van der Waals surface area contributed by atoms with E-state index >= 15 is 0 Å². The lowest BCUT2D eigenvalue weighted by Crippen LogP contribution is -2.58. The Morgan fingerprint density at radius 3 is 1.53 bits per heavy atom. The van der Waals surface area contributed by atoms with Crippen molar-refractivity contribution < 1.29 is 34.2 Å². The molecule has 3 amide bonds. The Kier molecular flexibility index (Phi) is 11.4. The first kappa shape index (κ1) is 30.0. The molecule has 2 rings (SSSR count). The van der Waals surface area contributed by atoms with Gasteiger partial charge in [0.15, 0.2) is 0 Å². The van der Waals surface area contributed by atoms with Crippen LogP contribution in [0.4, 0.5) is 0 Å². The molecule has 0 saturated heterocycles. The van der Waals surface area contributed by atoms with Crippen LogP contribution in [0.15, 0.2) is 60.7 Å². The number of amides is 3. The van der Waals surface area contributed by atoms with Gasteiger partial charge in [-0.05, 0) is 17.0 Å². The van der Waals surface area contributed by atoms with E-state index in [9.17, 15) is 29.1 Å². The van der Waals surface area contributed by atoms with Gasteiger partial charge in [0.25, 0.3) is 0 Å². The predicted octanol–water partition coefficient (Wildman–Crippen LogP) is 0.469. The van der Waals surface area contributed by atoms with Crippen molar-refractivity contribution in [2.24, 2.45) is 11.7 Å². The summed E-state index contributed by atoms with van der Waals surface area (Å²) in [5.41, 5.74) is 7.10. The first-order chi connectivity index (χ1) is 18.0. The molecule has 7 N–H and O–H groups in total. The summed E-state index contributed by atoms with van der Waals surface area (Å²) in [7, 11) is 0. The first-order valence-corrected chi connectivity index (χ1v) is 12.2. The maximum absolute atomic E-state index is 13.4. The molecular formula is C27H34N4O7. The van der Waals surface area contributed by atoms with E-state index in [2.05, 4.69) is 16.0 Å². The average Bonchev–Trinajstić information content (AvgIpc) is 2.86. The number of nitrogens with two attached hydrogens (primary N) is 1. The van der Waals surface area contributed by atoms with Gasteiger partial charge in [-0.2, -0.15) is 0 Å². The fourth-order valence-corrected chi connectivity index (χ4v) is 3.72. The minimum atomic E-state index is -1.38. The van der Waals surface area contributed by atoms with Crippen LogP contribution in [0.5, 0.6) is 0 Å². The number of nitrogens with one attached hydrogen (secondary N) is 3. The Hall–Kier alpha value is -4.25. The highest BCUT2D eigenvalue weighted by Gasteiger charge is 2.31. The molecule has 204 valence electrons. The standard InChI is InChI=1S/C27H34N4O7/c1-16(2)23(27(37)38)31-26(36)21(14-18-11-7-4-8-12-18)30-25(35)20(13-17-9-5-3-6-10-17)29-24(34)19(28)15-22(32)33/h3-12,16,19-21,23H,13-15,28H2,1-2H3,(H,29,34)(H,30,35)(H,31,36)(H,32,33)(H,37,38). The lowest BCUT2D eigenvalue weighted by atomic mass is 10.0. The van der Waals surface area contributed by atoms with E-state index in [0.29, 0.717) is 5.56 Å². The third-order valence-corrected chi connectivity index (χ3v) is 5.79. The van der Waals surface area contributed by atoms with Gasteiger partial charge >= 0.3 is 11.9 Å². The zero-order chi connectivity index (χ0) is 28.2.